The molecule has 0 bridgehead atoms. The number of hydrazine groups is 1. The van der Waals surface area contributed by atoms with Crippen molar-refractivity contribution in [2.45, 2.75) is 70.1 Å². The number of hydrogen-bond acceptors (Lipinski definition) is 11. The summed E-state index contributed by atoms with van der Waals surface area (Å²) in [6.07, 6.45) is -1.37. The molecule has 1 amide bonds. The van der Waals surface area contributed by atoms with Crippen molar-refractivity contribution >= 4 is 17.8 Å². The van der Waals surface area contributed by atoms with Crippen molar-refractivity contribution in [3.63, 3.8) is 0 Å². The van der Waals surface area contributed by atoms with Crippen LogP contribution in [-0.4, -0.2) is 74.3 Å². The highest BCUT2D eigenvalue weighted by molar-refractivity contribution is 6.01. The first-order valence-corrected chi connectivity index (χ1v) is 14.6. The highest BCUT2D eigenvalue weighted by Gasteiger charge is 2.54. The smallest absolute Gasteiger partial charge is 0.306 e. The van der Waals surface area contributed by atoms with Crippen LogP contribution < -0.4 is 15.6 Å². The third-order valence-electron chi connectivity index (χ3n) is 6.80. The Morgan fingerprint density at radius 3 is 2.51 bits per heavy atom. The predicted octanol–water partition coefficient (Wildman–Crippen LogP) is 3.88. The predicted molar refractivity (Wildman–Crippen MR) is 165 cm³/mol. The van der Waals surface area contributed by atoms with E-state index in [1.54, 1.807) is 69.3 Å². The molecule has 0 spiro atoms. The summed E-state index contributed by atoms with van der Waals surface area (Å²) in [6, 6.07) is 14.1. The maximum Gasteiger partial charge on any atom is 0.306 e. The Bertz CT molecular complexity index is 1350. The fourth-order valence-corrected chi connectivity index (χ4v) is 4.66. The van der Waals surface area contributed by atoms with Crippen molar-refractivity contribution in [1.29, 1.82) is 0 Å². The van der Waals surface area contributed by atoms with Gasteiger partial charge < -0.3 is 28.8 Å². The molecule has 3 N–H and O–H groups in total. The third kappa shape index (κ3) is 9.90. The molecule has 244 valence electrons. The van der Waals surface area contributed by atoms with E-state index in [4.69, 9.17) is 39.3 Å². The van der Waals surface area contributed by atoms with Gasteiger partial charge in [-0.05, 0) is 68.1 Å². The van der Waals surface area contributed by atoms with E-state index in [9.17, 15) is 9.59 Å². The fraction of sp³-hybridized carbons (Fsp3) is 0.516. The molecule has 0 radical (unpaired) electrons. The van der Waals surface area contributed by atoms with E-state index in [0.29, 0.717) is 35.5 Å². The van der Waals surface area contributed by atoms with Crippen LogP contribution in [0.15, 0.2) is 58.6 Å². The van der Waals surface area contributed by atoms with Gasteiger partial charge in [-0.1, -0.05) is 29.4 Å². The maximum atomic E-state index is 14.2. The number of rotatable bonds is 17. The number of hydrogen-bond donors (Lipinski definition) is 3. The number of azide groups is 1. The number of nitrogens with one attached hydrogen (secondary N) is 2. The van der Waals surface area contributed by atoms with E-state index in [0.717, 1.165) is 0 Å². The highest BCUT2D eigenvalue weighted by atomic mass is 16.7. The Kier molecular flexibility index (Phi) is 13.1. The number of aliphatic hydroxyl groups is 1. The van der Waals surface area contributed by atoms with E-state index in [2.05, 4.69) is 20.9 Å². The first-order valence-electron chi connectivity index (χ1n) is 14.6. The summed E-state index contributed by atoms with van der Waals surface area (Å²) in [5.41, 5.74) is 13.9. The molecule has 1 heterocycles. The number of carbonyl (C=O) groups is 2. The largest absolute Gasteiger partial charge is 0.494 e. The van der Waals surface area contributed by atoms with Gasteiger partial charge in [0.1, 0.15) is 11.4 Å². The zero-order valence-corrected chi connectivity index (χ0v) is 26.3. The lowest BCUT2D eigenvalue weighted by Gasteiger charge is -2.32. The van der Waals surface area contributed by atoms with Crippen LogP contribution in [0.1, 0.15) is 62.8 Å². The molecule has 0 aromatic heterocycles. The lowest BCUT2D eigenvalue weighted by atomic mass is 9.82. The molecule has 0 saturated heterocycles. The van der Waals surface area contributed by atoms with Crippen molar-refractivity contribution in [2.24, 2.45) is 10.1 Å². The minimum absolute atomic E-state index is 0.00706. The topological polar surface area (TPSA) is 186 Å². The quantitative estimate of drug-likeness (QED) is 0.0446. The van der Waals surface area contributed by atoms with Gasteiger partial charge in [0.15, 0.2) is 17.9 Å². The first kappa shape index (κ1) is 35.3. The molecule has 1 aliphatic heterocycles. The average Bonchev–Trinajstić information content (AvgIpc) is 3.41. The second-order valence-corrected chi connectivity index (χ2v) is 11.2. The Labute approximate surface area is 262 Å². The van der Waals surface area contributed by atoms with Gasteiger partial charge >= 0.3 is 5.97 Å². The van der Waals surface area contributed by atoms with Crippen LogP contribution in [-0.2, 0) is 35.1 Å². The number of aliphatic hydroxyl groups excluding tert-OH is 1. The molecule has 14 nitrogen and oxygen atoms in total. The molecule has 2 atom stereocenters. The summed E-state index contributed by atoms with van der Waals surface area (Å²) < 4.78 is 28.1. The summed E-state index contributed by atoms with van der Waals surface area (Å²) in [5.74, 6) is -0.312. The summed E-state index contributed by atoms with van der Waals surface area (Å²) in [6.45, 7) is 5.79. The number of nitrogens with zero attached hydrogens (tertiary/aromatic N) is 4. The number of methoxy groups -OCH3 is 2. The molecule has 45 heavy (non-hydrogen) atoms. The first-order chi connectivity index (χ1) is 21.6. The van der Waals surface area contributed by atoms with E-state index >= 15 is 0 Å². The van der Waals surface area contributed by atoms with Gasteiger partial charge in [0.2, 0.25) is 5.90 Å². The van der Waals surface area contributed by atoms with Gasteiger partial charge in [-0.2, -0.15) is 0 Å². The average molecular weight is 627 g/mol. The van der Waals surface area contributed by atoms with Crippen molar-refractivity contribution in [2.75, 3.05) is 34.0 Å². The normalized spacial score (nSPS) is 17.7. The second kappa shape index (κ2) is 16.8. The Balaban J connectivity index is 2.08. The number of esters is 1. The zero-order valence-electron chi connectivity index (χ0n) is 26.3. The summed E-state index contributed by atoms with van der Waals surface area (Å²) in [5, 5.41) is 12.8. The zero-order chi connectivity index (χ0) is 32.9. The number of benzene rings is 2. The number of ether oxygens (including phenoxy) is 5. The van der Waals surface area contributed by atoms with Crippen molar-refractivity contribution in [3.8, 4) is 5.75 Å². The van der Waals surface area contributed by atoms with Crippen LogP contribution in [0, 0.1) is 0 Å². The molecular formula is C31H42N6O8. The van der Waals surface area contributed by atoms with Crippen LogP contribution in [0.3, 0.4) is 0 Å². The summed E-state index contributed by atoms with van der Waals surface area (Å²) >= 11 is 0. The number of aliphatic imine (C=N–C) groups is 1. The van der Waals surface area contributed by atoms with E-state index < -0.39 is 35.4 Å². The molecular weight excluding hydrogens is 584 g/mol. The van der Waals surface area contributed by atoms with Gasteiger partial charge in [-0.15, -0.1) is 0 Å². The molecule has 2 aromatic carbocycles. The maximum absolute atomic E-state index is 14.2. The Morgan fingerprint density at radius 2 is 1.87 bits per heavy atom. The summed E-state index contributed by atoms with van der Waals surface area (Å²) in [7, 11) is 2.95. The van der Waals surface area contributed by atoms with Gasteiger partial charge in [0, 0.05) is 44.1 Å². The highest BCUT2D eigenvalue weighted by Crippen LogP contribution is 2.44. The summed E-state index contributed by atoms with van der Waals surface area (Å²) in [4.78, 5) is 34.9. The fourth-order valence-electron chi connectivity index (χ4n) is 4.66. The van der Waals surface area contributed by atoms with Crippen LogP contribution in [0.4, 0.5) is 0 Å². The van der Waals surface area contributed by atoms with E-state index in [1.807, 2.05) is 0 Å². The Hall–Kier alpha value is -4.20. The molecule has 0 saturated carbocycles. The molecule has 0 unspecified atom stereocenters. The lowest BCUT2D eigenvalue weighted by Crippen LogP contribution is -2.54. The number of amides is 1. The molecule has 0 aliphatic carbocycles. The standard InChI is InChI=1S/C31H42N6O8/c1-30(2,3)45-25(39)15-16-31(29(40)36-33-20-26(41-4)42-5)27(24-10-7-6-9-22(24)19-34-37-32)44-28(35-31)21-11-13-23(14-12-21)43-18-8-17-38/h6-7,9-14,26-27,33,38H,8,15-20H2,1-5H3,(H,36,40)/t27-,31-/m0/s1. The molecule has 3 rings (SSSR count). The molecule has 14 heteroatoms. The Morgan fingerprint density at radius 1 is 1.16 bits per heavy atom. The van der Waals surface area contributed by atoms with Crippen LogP contribution in [0.2, 0.25) is 0 Å². The van der Waals surface area contributed by atoms with Crippen LogP contribution >= 0.6 is 0 Å². The van der Waals surface area contributed by atoms with E-state index in [1.165, 1.54) is 14.2 Å². The van der Waals surface area contributed by atoms with Crippen LogP contribution in [0.5, 0.6) is 5.75 Å². The van der Waals surface area contributed by atoms with Gasteiger partial charge in [-0.3, -0.25) is 15.0 Å². The lowest BCUT2D eigenvalue weighted by molar-refractivity contribution is -0.155. The third-order valence-corrected chi connectivity index (χ3v) is 6.80. The monoisotopic (exact) mass is 626 g/mol. The molecule has 0 fully saturated rings. The number of carbonyl (C=O) groups excluding carboxylic acids is 2. The van der Waals surface area contributed by atoms with Crippen LogP contribution in [0.25, 0.3) is 10.4 Å². The SMILES string of the molecule is COC(CNNC(=O)[C@@]1(CCC(=O)OC(C)(C)C)N=C(c2ccc(OCCCO)cc2)O[C@H]1c1ccccc1CN=[N+]=[N-])OC. The second-order valence-electron chi connectivity index (χ2n) is 11.2. The van der Waals surface area contributed by atoms with Crippen molar-refractivity contribution < 1.29 is 38.4 Å². The van der Waals surface area contributed by atoms with Gasteiger partial charge in [0.05, 0.1) is 19.7 Å². The van der Waals surface area contributed by atoms with Crippen molar-refractivity contribution in [1.82, 2.24) is 10.9 Å². The minimum atomic E-state index is -1.66. The van der Waals surface area contributed by atoms with Crippen molar-refractivity contribution in [3.05, 3.63) is 75.7 Å². The van der Waals surface area contributed by atoms with Gasteiger partial charge in [-0.25, -0.2) is 10.4 Å². The molecule has 1 aliphatic rings. The minimum Gasteiger partial charge on any atom is -0.494 e. The van der Waals surface area contributed by atoms with Gasteiger partial charge in [0.25, 0.3) is 5.91 Å². The molecule has 2 aromatic rings. The van der Waals surface area contributed by atoms with E-state index in [-0.39, 0.29) is 38.4 Å².